The van der Waals surface area contributed by atoms with E-state index in [9.17, 15) is 5.11 Å². The van der Waals surface area contributed by atoms with Crippen molar-refractivity contribution in [3.8, 4) is 17.5 Å². The van der Waals surface area contributed by atoms with Crippen LogP contribution in [0.5, 0.6) is 17.5 Å². The fourth-order valence-electron chi connectivity index (χ4n) is 1.70. The van der Waals surface area contributed by atoms with Crippen molar-refractivity contribution in [3.63, 3.8) is 0 Å². The summed E-state index contributed by atoms with van der Waals surface area (Å²) < 4.78 is 6.85. The van der Waals surface area contributed by atoms with Crippen LogP contribution in [0.4, 0.5) is 0 Å². The average Bonchev–Trinajstić information content (AvgIpc) is 2.76. The molecule has 1 heterocycles. The van der Waals surface area contributed by atoms with Gasteiger partial charge >= 0.3 is 6.01 Å². The van der Waals surface area contributed by atoms with Crippen molar-refractivity contribution in [2.24, 2.45) is 7.05 Å². The molecule has 0 bridgehead atoms. The number of phenols is 1. The third-order valence-corrected chi connectivity index (χ3v) is 2.61. The van der Waals surface area contributed by atoms with Gasteiger partial charge in [0, 0.05) is 7.05 Å². The topological polar surface area (TPSA) is 73.1 Å². The monoisotopic (exact) mass is 242 g/mol. The molecule has 0 aliphatic heterocycles. The zero-order valence-electron chi connectivity index (χ0n) is 9.61. The van der Waals surface area contributed by atoms with Gasteiger partial charge in [0.1, 0.15) is 0 Å². The van der Waals surface area contributed by atoms with Gasteiger partial charge in [0.2, 0.25) is 0 Å². The molecule has 1 N–H and O–H groups in total. The van der Waals surface area contributed by atoms with Gasteiger partial charge in [-0.05, 0) is 33.3 Å². The Bertz CT molecular complexity index is 708. The van der Waals surface area contributed by atoms with Crippen LogP contribution in [-0.4, -0.2) is 25.3 Å². The van der Waals surface area contributed by atoms with Gasteiger partial charge in [0.25, 0.3) is 0 Å². The van der Waals surface area contributed by atoms with Gasteiger partial charge in [-0.15, -0.1) is 0 Å². The number of fused-ring (bicyclic) bond motifs is 1. The molecule has 3 rings (SSSR count). The summed E-state index contributed by atoms with van der Waals surface area (Å²) >= 11 is 0. The normalized spacial score (nSPS) is 10.7. The summed E-state index contributed by atoms with van der Waals surface area (Å²) in [6.45, 7) is 0. The summed E-state index contributed by atoms with van der Waals surface area (Å²) in [6, 6.07) is 11.3. The van der Waals surface area contributed by atoms with Gasteiger partial charge in [-0.2, -0.15) is 4.68 Å². The first kappa shape index (κ1) is 10.5. The van der Waals surface area contributed by atoms with Gasteiger partial charge in [-0.25, -0.2) is 0 Å². The number of ether oxygens (including phenoxy) is 1. The number of rotatable bonds is 2. The number of tetrazole rings is 1. The molecule has 6 nitrogen and oxygen atoms in total. The minimum Gasteiger partial charge on any atom is -0.504 e. The maximum Gasteiger partial charge on any atom is 0.340 e. The second kappa shape index (κ2) is 3.99. The van der Waals surface area contributed by atoms with Crippen molar-refractivity contribution >= 4 is 10.8 Å². The molecule has 0 atom stereocenters. The first-order chi connectivity index (χ1) is 8.74. The zero-order valence-corrected chi connectivity index (χ0v) is 9.61. The van der Waals surface area contributed by atoms with E-state index in [4.69, 9.17) is 4.74 Å². The van der Waals surface area contributed by atoms with E-state index in [2.05, 4.69) is 15.5 Å². The van der Waals surface area contributed by atoms with Crippen LogP contribution in [0.15, 0.2) is 36.4 Å². The molecule has 0 saturated heterocycles. The molecule has 0 fully saturated rings. The van der Waals surface area contributed by atoms with E-state index in [-0.39, 0.29) is 11.8 Å². The second-order valence-corrected chi connectivity index (χ2v) is 3.85. The van der Waals surface area contributed by atoms with Gasteiger partial charge < -0.3 is 9.84 Å². The van der Waals surface area contributed by atoms with E-state index >= 15 is 0 Å². The average molecular weight is 242 g/mol. The largest absolute Gasteiger partial charge is 0.504 e. The molecular formula is C12H10N4O2. The lowest BCUT2D eigenvalue weighted by atomic mass is 10.1. The van der Waals surface area contributed by atoms with E-state index in [1.54, 1.807) is 19.2 Å². The van der Waals surface area contributed by atoms with Crippen molar-refractivity contribution in [3.05, 3.63) is 36.4 Å². The van der Waals surface area contributed by atoms with E-state index in [1.807, 2.05) is 24.3 Å². The van der Waals surface area contributed by atoms with E-state index < -0.39 is 0 Å². The zero-order chi connectivity index (χ0) is 12.5. The predicted molar refractivity (Wildman–Crippen MR) is 64.5 cm³/mol. The summed E-state index contributed by atoms with van der Waals surface area (Å²) in [5.74, 6) is 0.378. The fourth-order valence-corrected chi connectivity index (χ4v) is 1.70. The molecule has 0 unspecified atom stereocenters. The number of hydrogen-bond donors (Lipinski definition) is 1. The predicted octanol–water partition coefficient (Wildman–Crippen LogP) is 1.86. The lowest BCUT2D eigenvalue weighted by Gasteiger charge is -2.07. The molecule has 0 amide bonds. The Balaban J connectivity index is 2.06. The van der Waals surface area contributed by atoms with Gasteiger partial charge in [0.05, 0.1) is 0 Å². The highest BCUT2D eigenvalue weighted by Gasteiger charge is 2.10. The molecule has 0 radical (unpaired) electrons. The first-order valence-corrected chi connectivity index (χ1v) is 5.36. The minimum atomic E-state index is 0.0525. The number of aromatic hydroxyl groups is 1. The molecule has 0 spiro atoms. The lowest BCUT2D eigenvalue weighted by molar-refractivity contribution is 0.378. The van der Waals surface area contributed by atoms with E-state index in [0.29, 0.717) is 5.75 Å². The van der Waals surface area contributed by atoms with Gasteiger partial charge in [-0.3, -0.25) is 0 Å². The van der Waals surface area contributed by atoms with Gasteiger partial charge in [0.15, 0.2) is 11.5 Å². The van der Waals surface area contributed by atoms with Crippen LogP contribution >= 0.6 is 0 Å². The standard InChI is InChI=1S/C12H10N4O2/c1-16-12(13-14-15-16)18-11-7-9-5-3-2-4-8(9)6-10(11)17/h2-7,17H,1H3. The highest BCUT2D eigenvalue weighted by atomic mass is 16.5. The SMILES string of the molecule is Cn1nnnc1Oc1cc2ccccc2cc1O. The summed E-state index contributed by atoms with van der Waals surface area (Å²) in [5.41, 5.74) is 0. The Morgan fingerprint density at radius 1 is 1.17 bits per heavy atom. The smallest absolute Gasteiger partial charge is 0.340 e. The number of benzene rings is 2. The fraction of sp³-hybridized carbons (Fsp3) is 0.0833. The van der Waals surface area contributed by atoms with Crippen LogP contribution in [0.25, 0.3) is 10.8 Å². The Hall–Kier alpha value is -2.63. The third kappa shape index (κ3) is 1.73. The van der Waals surface area contributed by atoms with Crippen molar-refractivity contribution in [1.82, 2.24) is 20.2 Å². The third-order valence-electron chi connectivity index (χ3n) is 2.61. The molecule has 1 aromatic heterocycles. The molecular weight excluding hydrogens is 232 g/mol. The molecule has 6 heteroatoms. The van der Waals surface area contributed by atoms with Crippen molar-refractivity contribution in [2.75, 3.05) is 0 Å². The van der Waals surface area contributed by atoms with Crippen LogP contribution in [0.1, 0.15) is 0 Å². The van der Waals surface area contributed by atoms with Crippen LogP contribution in [0.3, 0.4) is 0 Å². The summed E-state index contributed by atoms with van der Waals surface area (Å²) in [5, 5.41) is 22.6. The Labute approximate surface area is 102 Å². The van der Waals surface area contributed by atoms with E-state index in [1.165, 1.54) is 4.68 Å². The quantitative estimate of drug-likeness (QED) is 0.742. The minimum absolute atomic E-state index is 0.0525. The Morgan fingerprint density at radius 3 is 2.56 bits per heavy atom. The molecule has 90 valence electrons. The molecule has 3 aromatic rings. The number of phenolic OH excluding ortho intramolecular Hbond substituents is 1. The van der Waals surface area contributed by atoms with Crippen LogP contribution in [-0.2, 0) is 7.05 Å². The lowest BCUT2D eigenvalue weighted by Crippen LogP contribution is -1.96. The van der Waals surface area contributed by atoms with Crippen LogP contribution < -0.4 is 4.74 Å². The summed E-state index contributed by atoms with van der Waals surface area (Å²) in [7, 11) is 1.66. The number of hydrogen-bond acceptors (Lipinski definition) is 5. The maximum atomic E-state index is 9.90. The number of aryl methyl sites for hydroxylation is 1. The Morgan fingerprint density at radius 2 is 1.89 bits per heavy atom. The summed E-state index contributed by atoms with van der Waals surface area (Å²) in [4.78, 5) is 0. The van der Waals surface area contributed by atoms with E-state index in [0.717, 1.165) is 10.8 Å². The summed E-state index contributed by atoms with van der Waals surface area (Å²) in [6.07, 6.45) is 0. The number of aromatic nitrogens is 4. The highest BCUT2D eigenvalue weighted by molar-refractivity contribution is 5.85. The van der Waals surface area contributed by atoms with Crippen molar-refractivity contribution in [2.45, 2.75) is 0 Å². The van der Waals surface area contributed by atoms with Crippen molar-refractivity contribution < 1.29 is 9.84 Å². The molecule has 18 heavy (non-hydrogen) atoms. The molecule has 2 aromatic carbocycles. The highest BCUT2D eigenvalue weighted by Crippen LogP contribution is 2.33. The molecule has 0 aliphatic carbocycles. The van der Waals surface area contributed by atoms with Crippen molar-refractivity contribution in [1.29, 1.82) is 0 Å². The second-order valence-electron chi connectivity index (χ2n) is 3.85. The molecule has 0 saturated carbocycles. The number of nitrogens with zero attached hydrogens (tertiary/aromatic N) is 4. The van der Waals surface area contributed by atoms with Crippen LogP contribution in [0.2, 0.25) is 0 Å². The Kier molecular flexibility index (Phi) is 2.33. The van der Waals surface area contributed by atoms with Gasteiger partial charge in [-0.1, -0.05) is 29.4 Å². The first-order valence-electron chi connectivity index (χ1n) is 5.36. The van der Waals surface area contributed by atoms with Crippen LogP contribution in [0, 0.1) is 0 Å². The maximum absolute atomic E-state index is 9.90. The molecule has 0 aliphatic rings.